The highest BCUT2D eigenvalue weighted by molar-refractivity contribution is 6.09. The maximum Gasteiger partial charge on any atom is 0.262 e. The molecule has 0 fully saturated rings. The number of amides is 2. The van der Waals surface area contributed by atoms with Gasteiger partial charge in [0.25, 0.3) is 5.91 Å². The number of fused-ring (bicyclic) bond motifs is 1. The Balaban J connectivity index is 1.63. The highest BCUT2D eigenvalue weighted by Gasteiger charge is 2.43. The van der Waals surface area contributed by atoms with Crippen LogP contribution in [0.5, 0.6) is 0 Å². The lowest BCUT2D eigenvalue weighted by molar-refractivity contribution is -0.120. The Morgan fingerprint density at radius 3 is 2.31 bits per heavy atom. The molecule has 0 spiro atoms. The van der Waals surface area contributed by atoms with Crippen LogP contribution in [0.1, 0.15) is 58.1 Å². The molecular formula is C35H36FN3O3. The van der Waals surface area contributed by atoms with E-state index in [-0.39, 0.29) is 24.1 Å². The topological polar surface area (TPSA) is 81.7 Å². The summed E-state index contributed by atoms with van der Waals surface area (Å²) in [6.07, 6.45) is 0.395. The van der Waals surface area contributed by atoms with Crippen molar-refractivity contribution >= 4 is 28.9 Å². The fourth-order valence-electron chi connectivity index (χ4n) is 5.77. The van der Waals surface area contributed by atoms with Gasteiger partial charge in [0.15, 0.2) is 0 Å². The van der Waals surface area contributed by atoms with Gasteiger partial charge >= 0.3 is 0 Å². The molecule has 1 heterocycles. The molecule has 1 unspecified atom stereocenters. The van der Waals surface area contributed by atoms with Gasteiger partial charge in [-0.3, -0.25) is 14.5 Å². The van der Waals surface area contributed by atoms with Crippen molar-refractivity contribution in [2.45, 2.75) is 52.8 Å². The second-order valence-electron chi connectivity index (χ2n) is 11.2. The van der Waals surface area contributed by atoms with E-state index in [0.29, 0.717) is 23.4 Å². The molecule has 6 nitrogen and oxygen atoms in total. The third kappa shape index (κ3) is 5.78. The van der Waals surface area contributed by atoms with Gasteiger partial charge in [-0.25, -0.2) is 4.39 Å². The number of aryl methyl sites for hydroxylation is 2. The van der Waals surface area contributed by atoms with Gasteiger partial charge in [0.2, 0.25) is 5.91 Å². The minimum Gasteiger partial charge on any atom is -0.392 e. The number of anilines is 3. The van der Waals surface area contributed by atoms with Gasteiger partial charge < -0.3 is 15.7 Å². The zero-order chi connectivity index (χ0) is 30.0. The molecule has 42 heavy (non-hydrogen) atoms. The van der Waals surface area contributed by atoms with Crippen LogP contribution in [0.2, 0.25) is 0 Å². The SMILES string of the molecule is Cc1cc(NC(=O)[C@H]2Cc3ccccc3N(C(=O)c3c(C)cccc3F)C2c2ccc(NC(C)C)cc2)ccc1CO. The largest absolute Gasteiger partial charge is 0.392 e. The van der Waals surface area contributed by atoms with Crippen LogP contribution in [-0.4, -0.2) is 23.0 Å². The van der Waals surface area contributed by atoms with E-state index in [4.69, 9.17) is 0 Å². The van der Waals surface area contributed by atoms with Crippen molar-refractivity contribution in [2.75, 3.05) is 15.5 Å². The number of rotatable bonds is 7. The van der Waals surface area contributed by atoms with Crippen LogP contribution in [0.3, 0.4) is 0 Å². The number of aliphatic hydroxyl groups is 1. The van der Waals surface area contributed by atoms with Gasteiger partial charge in [-0.2, -0.15) is 0 Å². The Hall–Kier alpha value is -4.49. The van der Waals surface area contributed by atoms with E-state index in [2.05, 4.69) is 24.5 Å². The Bertz CT molecular complexity index is 1600. The van der Waals surface area contributed by atoms with Crippen molar-refractivity contribution in [1.82, 2.24) is 0 Å². The Morgan fingerprint density at radius 2 is 1.64 bits per heavy atom. The van der Waals surface area contributed by atoms with E-state index in [1.807, 2.05) is 61.5 Å². The van der Waals surface area contributed by atoms with Crippen molar-refractivity contribution < 1.29 is 19.1 Å². The fraction of sp³-hybridized carbons (Fsp3) is 0.257. The van der Waals surface area contributed by atoms with E-state index in [1.165, 1.54) is 6.07 Å². The number of halogens is 1. The van der Waals surface area contributed by atoms with Crippen molar-refractivity contribution in [3.63, 3.8) is 0 Å². The second kappa shape index (κ2) is 12.2. The number of para-hydroxylation sites is 1. The van der Waals surface area contributed by atoms with Crippen LogP contribution in [0.25, 0.3) is 0 Å². The number of nitrogens with one attached hydrogen (secondary N) is 2. The van der Waals surface area contributed by atoms with Crippen LogP contribution >= 0.6 is 0 Å². The summed E-state index contributed by atoms with van der Waals surface area (Å²) in [5.74, 6) is -2.01. The monoisotopic (exact) mass is 565 g/mol. The molecule has 0 saturated heterocycles. The average molecular weight is 566 g/mol. The van der Waals surface area contributed by atoms with E-state index in [9.17, 15) is 14.7 Å². The first-order chi connectivity index (χ1) is 20.2. The Morgan fingerprint density at radius 1 is 0.929 bits per heavy atom. The standard InChI is InChI=1S/C35H36FN3O3/c1-21(2)37-27-15-12-24(13-16-27)33-29(34(41)38-28-17-14-26(20-40)23(4)18-28)19-25-9-5-6-11-31(25)39(33)35(42)32-22(3)8-7-10-30(32)36/h5-18,21,29,33,37,40H,19-20H2,1-4H3,(H,38,41)/t29-,33?/m0/s1. The highest BCUT2D eigenvalue weighted by Crippen LogP contribution is 2.44. The van der Waals surface area contributed by atoms with E-state index in [1.54, 1.807) is 36.1 Å². The number of aliphatic hydroxyl groups excluding tert-OH is 1. The molecule has 1 aliphatic heterocycles. The van der Waals surface area contributed by atoms with Crippen LogP contribution < -0.4 is 15.5 Å². The van der Waals surface area contributed by atoms with Crippen LogP contribution in [0, 0.1) is 25.6 Å². The molecule has 2 atom stereocenters. The van der Waals surface area contributed by atoms with Crippen molar-refractivity contribution in [3.05, 3.63) is 124 Å². The predicted molar refractivity (Wildman–Crippen MR) is 165 cm³/mol. The summed E-state index contributed by atoms with van der Waals surface area (Å²) in [7, 11) is 0. The van der Waals surface area contributed by atoms with E-state index >= 15 is 4.39 Å². The number of carbonyl (C=O) groups excluding carboxylic acids is 2. The molecule has 1 aliphatic rings. The van der Waals surface area contributed by atoms with Gasteiger partial charge in [-0.1, -0.05) is 48.5 Å². The van der Waals surface area contributed by atoms with Crippen molar-refractivity contribution in [1.29, 1.82) is 0 Å². The lowest BCUT2D eigenvalue weighted by Crippen LogP contribution is -2.47. The molecule has 3 N–H and O–H groups in total. The lowest BCUT2D eigenvalue weighted by atomic mass is 9.80. The number of hydrogen-bond donors (Lipinski definition) is 3. The first-order valence-corrected chi connectivity index (χ1v) is 14.2. The average Bonchev–Trinajstić information content (AvgIpc) is 2.96. The third-order valence-electron chi connectivity index (χ3n) is 7.83. The highest BCUT2D eigenvalue weighted by atomic mass is 19.1. The maximum atomic E-state index is 15.2. The smallest absolute Gasteiger partial charge is 0.262 e. The van der Waals surface area contributed by atoms with Crippen LogP contribution in [0.4, 0.5) is 21.5 Å². The quantitative estimate of drug-likeness (QED) is 0.226. The van der Waals surface area contributed by atoms with E-state index < -0.39 is 23.7 Å². The zero-order valence-corrected chi connectivity index (χ0v) is 24.3. The molecule has 5 rings (SSSR count). The molecule has 0 radical (unpaired) electrons. The molecule has 0 aliphatic carbocycles. The molecular weight excluding hydrogens is 529 g/mol. The van der Waals surface area contributed by atoms with Gasteiger partial charge in [0, 0.05) is 23.1 Å². The number of carbonyl (C=O) groups is 2. The minimum absolute atomic E-state index is 0.00771. The van der Waals surface area contributed by atoms with Gasteiger partial charge in [0.1, 0.15) is 5.82 Å². The molecule has 0 saturated carbocycles. The summed E-state index contributed by atoms with van der Waals surface area (Å²) in [6.45, 7) is 7.62. The van der Waals surface area contributed by atoms with Crippen molar-refractivity contribution in [2.24, 2.45) is 5.92 Å². The first kappa shape index (κ1) is 29.0. The molecule has 7 heteroatoms. The third-order valence-corrected chi connectivity index (χ3v) is 7.83. The summed E-state index contributed by atoms with van der Waals surface area (Å²) >= 11 is 0. The predicted octanol–water partition coefficient (Wildman–Crippen LogP) is 6.95. The van der Waals surface area contributed by atoms with Gasteiger partial charge in [-0.15, -0.1) is 0 Å². The first-order valence-electron chi connectivity index (χ1n) is 14.2. The molecule has 0 aromatic heterocycles. The number of nitrogens with zero attached hydrogens (tertiary/aromatic N) is 1. The summed E-state index contributed by atoms with van der Waals surface area (Å²) in [5, 5.41) is 16.0. The van der Waals surface area contributed by atoms with Crippen LogP contribution in [0.15, 0.2) is 84.9 Å². The summed E-state index contributed by atoms with van der Waals surface area (Å²) in [4.78, 5) is 30.0. The molecule has 4 aromatic rings. The van der Waals surface area contributed by atoms with Gasteiger partial charge in [-0.05, 0) is 98.3 Å². The second-order valence-corrected chi connectivity index (χ2v) is 11.2. The van der Waals surface area contributed by atoms with Crippen LogP contribution in [-0.2, 0) is 17.8 Å². The lowest BCUT2D eigenvalue weighted by Gasteiger charge is -2.42. The minimum atomic E-state index is -0.697. The fourth-order valence-corrected chi connectivity index (χ4v) is 5.77. The number of hydrogen-bond acceptors (Lipinski definition) is 4. The van der Waals surface area contributed by atoms with Gasteiger partial charge in [0.05, 0.1) is 24.1 Å². The molecule has 0 bridgehead atoms. The number of benzene rings is 4. The summed E-state index contributed by atoms with van der Waals surface area (Å²) in [5.41, 5.74) is 5.96. The zero-order valence-electron chi connectivity index (χ0n) is 24.3. The summed E-state index contributed by atoms with van der Waals surface area (Å²) in [6, 6.07) is 24.8. The molecule has 4 aromatic carbocycles. The maximum absolute atomic E-state index is 15.2. The summed E-state index contributed by atoms with van der Waals surface area (Å²) < 4.78 is 15.2. The Labute approximate surface area is 246 Å². The van der Waals surface area contributed by atoms with E-state index in [0.717, 1.165) is 27.9 Å². The Kier molecular flexibility index (Phi) is 8.41. The molecule has 216 valence electrons. The van der Waals surface area contributed by atoms with Crippen molar-refractivity contribution in [3.8, 4) is 0 Å². The normalized spacial score (nSPS) is 16.2. The molecule has 2 amide bonds.